The Morgan fingerprint density at radius 3 is 2.75 bits per heavy atom. The van der Waals surface area contributed by atoms with Crippen LogP contribution < -0.4 is 15.0 Å². The number of methoxy groups -OCH3 is 1. The highest BCUT2D eigenvalue weighted by atomic mass is 19.1. The maximum atomic E-state index is 15.3. The van der Waals surface area contributed by atoms with Crippen LogP contribution in [0.1, 0.15) is 25.2 Å². The van der Waals surface area contributed by atoms with Gasteiger partial charge in [0.25, 0.3) is 0 Å². The van der Waals surface area contributed by atoms with Crippen LogP contribution in [0.15, 0.2) is 34.7 Å². The molecule has 0 radical (unpaired) electrons. The molecule has 6 rings (SSSR count). The van der Waals surface area contributed by atoms with E-state index in [1.165, 1.54) is 7.11 Å². The quantitative estimate of drug-likeness (QED) is 0.357. The molecule has 1 atom stereocenters. The maximum absolute atomic E-state index is 15.3. The predicted molar refractivity (Wildman–Crippen MR) is 131 cm³/mol. The van der Waals surface area contributed by atoms with Crippen LogP contribution in [0.2, 0.25) is 0 Å². The van der Waals surface area contributed by atoms with Crippen LogP contribution in [0.4, 0.5) is 14.6 Å². The second-order valence-corrected chi connectivity index (χ2v) is 9.59. The van der Waals surface area contributed by atoms with E-state index < -0.39 is 5.82 Å². The topological polar surface area (TPSA) is 85.5 Å². The first kappa shape index (κ1) is 23.1. The van der Waals surface area contributed by atoms with Crippen molar-refractivity contribution in [2.24, 2.45) is 0 Å². The summed E-state index contributed by atoms with van der Waals surface area (Å²) in [5, 5.41) is 3.50. The fourth-order valence-electron chi connectivity index (χ4n) is 4.88. The molecule has 3 aromatic heterocycles. The molecule has 4 aromatic rings. The van der Waals surface area contributed by atoms with E-state index in [1.807, 2.05) is 18.2 Å². The summed E-state index contributed by atoms with van der Waals surface area (Å²) in [7, 11) is 1.47. The highest BCUT2D eigenvalue weighted by Crippen LogP contribution is 2.39. The predicted octanol–water partition coefficient (Wildman–Crippen LogP) is 4.54. The summed E-state index contributed by atoms with van der Waals surface area (Å²) in [4.78, 5) is 15.9. The lowest BCUT2D eigenvalue weighted by Gasteiger charge is -2.21. The highest BCUT2D eigenvalue weighted by Gasteiger charge is 2.45. The van der Waals surface area contributed by atoms with E-state index in [1.54, 1.807) is 19.1 Å². The van der Waals surface area contributed by atoms with E-state index in [2.05, 4.69) is 15.2 Å². The Kier molecular flexibility index (Phi) is 5.72. The molecule has 1 aliphatic heterocycles. The molecular formula is C26H27F2N5O3. The van der Waals surface area contributed by atoms with Gasteiger partial charge in [-0.1, -0.05) is 0 Å². The summed E-state index contributed by atoms with van der Waals surface area (Å²) in [6, 6.07) is 9.44. The van der Waals surface area contributed by atoms with Gasteiger partial charge >= 0.3 is 0 Å². The summed E-state index contributed by atoms with van der Waals surface area (Å²) >= 11 is 0. The average Bonchev–Trinajstić information content (AvgIpc) is 3.32. The van der Waals surface area contributed by atoms with Crippen LogP contribution in [0.5, 0.6) is 5.75 Å². The lowest BCUT2D eigenvalue weighted by Crippen LogP contribution is -2.43. The third kappa shape index (κ3) is 4.14. The maximum Gasteiger partial charge on any atom is 0.195 e. The van der Waals surface area contributed by atoms with Crippen molar-refractivity contribution in [3.63, 3.8) is 0 Å². The lowest BCUT2D eigenvalue weighted by molar-refractivity contribution is 0.0489. The Labute approximate surface area is 206 Å². The van der Waals surface area contributed by atoms with E-state index in [9.17, 15) is 4.39 Å². The first-order valence-corrected chi connectivity index (χ1v) is 12.1. The van der Waals surface area contributed by atoms with Crippen LogP contribution in [0.25, 0.3) is 33.4 Å². The Bertz CT molecular complexity index is 1440. The molecule has 1 saturated heterocycles. The lowest BCUT2D eigenvalue weighted by atomic mass is 10.1. The van der Waals surface area contributed by atoms with E-state index in [-0.39, 0.29) is 36.3 Å². The van der Waals surface area contributed by atoms with E-state index in [0.29, 0.717) is 28.2 Å². The van der Waals surface area contributed by atoms with Gasteiger partial charge in [0.05, 0.1) is 16.7 Å². The average molecular weight is 496 g/mol. The number of oxazole rings is 1. The van der Waals surface area contributed by atoms with Gasteiger partial charge in [0.1, 0.15) is 18.0 Å². The number of benzene rings is 1. The first-order valence-electron chi connectivity index (χ1n) is 12.1. The third-order valence-electron chi connectivity index (χ3n) is 6.94. The van der Waals surface area contributed by atoms with Gasteiger partial charge in [-0.3, -0.25) is 0 Å². The number of hydrogen-bond acceptors (Lipinski definition) is 8. The van der Waals surface area contributed by atoms with Gasteiger partial charge in [-0.15, -0.1) is 0 Å². The fraction of sp³-hybridized carbons (Fsp3) is 0.423. The molecule has 188 valence electrons. The Morgan fingerprint density at radius 2 is 1.97 bits per heavy atom. The molecule has 4 heterocycles. The standard InChI is InChI=1S/C26H27F2N5O3/c1-15-29-24-21(36-15)11-17(25(23(24)28)35-14-34-2)18-3-4-20-19(30-18)5-6-22(31-20)33-10-7-16(12-33)32-26(13-27)8-9-26/h3-6,11,16,32H,7-10,12-14H2,1-2H3. The fourth-order valence-corrected chi connectivity index (χ4v) is 4.88. The highest BCUT2D eigenvalue weighted by molar-refractivity contribution is 5.87. The number of alkyl halides is 1. The molecule has 10 heteroatoms. The van der Waals surface area contributed by atoms with Gasteiger partial charge < -0.3 is 24.1 Å². The van der Waals surface area contributed by atoms with Crippen molar-refractivity contribution >= 4 is 28.0 Å². The minimum Gasteiger partial charge on any atom is -0.464 e. The van der Waals surface area contributed by atoms with Gasteiger partial charge in [0.2, 0.25) is 0 Å². The molecular weight excluding hydrogens is 468 g/mol. The molecule has 1 aliphatic carbocycles. The molecule has 8 nitrogen and oxygen atoms in total. The molecule has 0 spiro atoms. The van der Waals surface area contributed by atoms with Crippen molar-refractivity contribution in [2.45, 2.75) is 37.8 Å². The van der Waals surface area contributed by atoms with Gasteiger partial charge in [0, 0.05) is 44.3 Å². The normalized spacial score (nSPS) is 18.9. The number of hydrogen-bond donors (Lipinski definition) is 1. The van der Waals surface area contributed by atoms with Crippen LogP contribution >= 0.6 is 0 Å². The number of nitrogens with zero attached hydrogens (tertiary/aromatic N) is 4. The molecule has 2 fully saturated rings. The molecule has 1 saturated carbocycles. The Hall–Kier alpha value is -3.37. The zero-order valence-electron chi connectivity index (χ0n) is 20.2. The largest absolute Gasteiger partial charge is 0.464 e. The van der Waals surface area contributed by atoms with Gasteiger partial charge in [-0.25, -0.2) is 23.7 Å². The molecule has 1 aromatic carbocycles. The molecule has 1 unspecified atom stereocenters. The number of nitrogens with one attached hydrogen (secondary N) is 1. The van der Waals surface area contributed by atoms with Crippen molar-refractivity contribution in [3.05, 3.63) is 42.0 Å². The number of aromatic nitrogens is 3. The second kappa shape index (κ2) is 8.94. The summed E-state index contributed by atoms with van der Waals surface area (Å²) in [6.07, 6.45) is 2.78. The zero-order chi connectivity index (χ0) is 24.9. The smallest absolute Gasteiger partial charge is 0.195 e. The molecule has 2 aliphatic rings. The third-order valence-corrected chi connectivity index (χ3v) is 6.94. The summed E-state index contributed by atoms with van der Waals surface area (Å²) < 4.78 is 44.7. The Morgan fingerprint density at radius 1 is 1.17 bits per heavy atom. The zero-order valence-corrected chi connectivity index (χ0v) is 20.2. The Balaban J connectivity index is 1.30. The summed E-state index contributed by atoms with van der Waals surface area (Å²) in [5.74, 6) is 0.606. The summed E-state index contributed by atoms with van der Waals surface area (Å²) in [5.41, 5.74) is 2.48. The van der Waals surface area contributed by atoms with Crippen molar-refractivity contribution in [1.82, 2.24) is 20.3 Å². The van der Waals surface area contributed by atoms with Crippen LogP contribution in [-0.4, -0.2) is 60.2 Å². The van der Waals surface area contributed by atoms with Crippen LogP contribution in [-0.2, 0) is 4.74 Å². The first-order chi connectivity index (χ1) is 17.5. The second-order valence-electron chi connectivity index (χ2n) is 9.59. The van der Waals surface area contributed by atoms with E-state index in [0.717, 1.165) is 43.7 Å². The number of halogens is 2. The van der Waals surface area contributed by atoms with Crippen molar-refractivity contribution in [3.8, 4) is 17.0 Å². The number of anilines is 1. The molecule has 0 amide bonds. The number of rotatable bonds is 8. The van der Waals surface area contributed by atoms with E-state index in [4.69, 9.17) is 23.9 Å². The summed E-state index contributed by atoms with van der Waals surface area (Å²) in [6.45, 7) is 2.89. The number of aryl methyl sites for hydroxylation is 1. The number of fused-ring (bicyclic) bond motifs is 2. The van der Waals surface area contributed by atoms with Crippen molar-refractivity contribution < 1.29 is 22.7 Å². The minimum absolute atomic E-state index is 0.00593. The van der Waals surface area contributed by atoms with Crippen LogP contribution in [0, 0.1) is 12.7 Å². The van der Waals surface area contributed by atoms with Gasteiger partial charge in [0.15, 0.2) is 29.8 Å². The molecule has 36 heavy (non-hydrogen) atoms. The van der Waals surface area contributed by atoms with Crippen molar-refractivity contribution in [1.29, 1.82) is 0 Å². The van der Waals surface area contributed by atoms with Crippen molar-refractivity contribution in [2.75, 3.05) is 38.6 Å². The van der Waals surface area contributed by atoms with Gasteiger partial charge in [-0.05, 0) is 49.6 Å². The number of pyridine rings is 2. The SMILES string of the molecule is COCOc1c(-c2ccc3nc(N4CCC(NC5(CF)CC5)C4)ccc3n2)cc2oc(C)nc2c1F. The van der Waals surface area contributed by atoms with Gasteiger partial charge in [-0.2, -0.15) is 0 Å². The minimum atomic E-state index is -0.621. The monoisotopic (exact) mass is 495 g/mol. The molecule has 1 N–H and O–H groups in total. The van der Waals surface area contributed by atoms with Crippen LogP contribution in [0.3, 0.4) is 0 Å². The van der Waals surface area contributed by atoms with E-state index >= 15 is 4.39 Å². The molecule has 0 bridgehead atoms. The number of ether oxygens (including phenoxy) is 2.